The molecule has 0 fully saturated rings. The average molecular weight is 292 g/mol. The topological polar surface area (TPSA) is 101 Å². The highest BCUT2D eigenvalue weighted by atomic mass is 35.5. The van der Waals surface area contributed by atoms with Crippen molar-refractivity contribution in [3.05, 3.63) is 28.8 Å². The summed E-state index contributed by atoms with van der Waals surface area (Å²) in [6.45, 7) is 0. The van der Waals surface area contributed by atoms with Crippen LogP contribution in [0.5, 0.6) is 0 Å². The number of hydrogen-bond acceptors (Lipinski definition) is 4. The smallest absolute Gasteiger partial charge is 0.335 e. The van der Waals surface area contributed by atoms with Crippen LogP contribution in [0.4, 0.5) is 5.69 Å². The molecule has 0 aliphatic heterocycles. The van der Waals surface area contributed by atoms with Crippen LogP contribution in [0.1, 0.15) is 10.4 Å². The van der Waals surface area contributed by atoms with E-state index in [1.165, 1.54) is 12.1 Å². The van der Waals surface area contributed by atoms with E-state index in [-0.39, 0.29) is 16.3 Å². The van der Waals surface area contributed by atoms with Crippen molar-refractivity contribution >= 4 is 39.0 Å². The van der Waals surface area contributed by atoms with Crippen molar-refractivity contribution in [3.63, 3.8) is 0 Å². The van der Waals surface area contributed by atoms with Gasteiger partial charge in [-0.3, -0.25) is 4.79 Å². The van der Waals surface area contributed by atoms with Gasteiger partial charge in [0.1, 0.15) is 5.75 Å². The van der Waals surface area contributed by atoms with E-state index in [1.54, 1.807) is 0 Å². The van der Waals surface area contributed by atoms with Crippen LogP contribution in [-0.4, -0.2) is 37.4 Å². The number of halogens is 1. The van der Waals surface area contributed by atoms with Crippen molar-refractivity contribution in [2.24, 2.45) is 0 Å². The van der Waals surface area contributed by atoms with Crippen LogP contribution in [0.2, 0.25) is 5.02 Å². The number of aromatic carboxylic acids is 1. The van der Waals surface area contributed by atoms with E-state index in [0.717, 1.165) is 12.3 Å². The van der Waals surface area contributed by atoms with E-state index >= 15 is 0 Å². The van der Waals surface area contributed by atoms with Gasteiger partial charge in [-0.25, -0.2) is 13.2 Å². The zero-order valence-corrected chi connectivity index (χ0v) is 10.9. The molecule has 0 aromatic heterocycles. The Morgan fingerprint density at radius 2 is 2.00 bits per heavy atom. The Morgan fingerprint density at radius 3 is 2.50 bits per heavy atom. The average Bonchev–Trinajstić information content (AvgIpc) is 2.18. The van der Waals surface area contributed by atoms with Crippen LogP contribution in [0.15, 0.2) is 18.2 Å². The number of amides is 1. The molecule has 18 heavy (non-hydrogen) atoms. The maximum atomic E-state index is 11.4. The van der Waals surface area contributed by atoms with Gasteiger partial charge in [0.15, 0.2) is 9.84 Å². The molecule has 1 amide bonds. The number of carboxylic acid groups (broad SMARTS) is 1. The van der Waals surface area contributed by atoms with Gasteiger partial charge in [0.2, 0.25) is 5.91 Å². The molecule has 0 unspecified atom stereocenters. The highest BCUT2D eigenvalue weighted by Gasteiger charge is 2.14. The molecule has 6 nitrogen and oxygen atoms in total. The molecule has 8 heteroatoms. The van der Waals surface area contributed by atoms with Crippen molar-refractivity contribution in [3.8, 4) is 0 Å². The third-order valence-electron chi connectivity index (χ3n) is 1.88. The highest BCUT2D eigenvalue weighted by Crippen LogP contribution is 2.23. The first kappa shape index (κ1) is 14.5. The molecule has 1 aromatic rings. The van der Waals surface area contributed by atoms with E-state index in [2.05, 4.69) is 5.32 Å². The summed E-state index contributed by atoms with van der Waals surface area (Å²) in [5, 5.41) is 11.1. The van der Waals surface area contributed by atoms with E-state index in [4.69, 9.17) is 16.7 Å². The second kappa shape index (κ2) is 5.36. The van der Waals surface area contributed by atoms with E-state index < -0.39 is 27.5 Å². The van der Waals surface area contributed by atoms with Crippen molar-refractivity contribution in [1.82, 2.24) is 0 Å². The Morgan fingerprint density at radius 1 is 1.39 bits per heavy atom. The molecule has 0 saturated carbocycles. The first-order chi connectivity index (χ1) is 8.19. The number of benzene rings is 1. The van der Waals surface area contributed by atoms with E-state index in [1.807, 2.05) is 0 Å². The van der Waals surface area contributed by atoms with E-state index in [9.17, 15) is 18.0 Å². The summed E-state index contributed by atoms with van der Waals surface area (Å²) >= 11 is 5.76. The molecule has 0 aliphatic carbocycles. The molecule has 1 aromatic carbocycles. The number of carboxylic acids is 1. The van der Waals surface area contributed by atoms with Crippen LogP contribution in [0.25, 0.3) is 0 Å². The van der Waals surface area contributed by atoms with Gasteiger partial charge in [-0.15, -0.1) is 0 Å². The fraction of sp³-hybridized carbons (Fsp3) is 0.200. The van der Waals surface area contributed by atoms with Gasteiger partial charge < -0.3 is 10.4 Å². The van der Waals surface area contributed by atoms with Crippen LogP contribution in [0.3, 0.4) is 0 Å². The van der Waals surface area contributed by atoms with Gasteiger partial charge in [-0.1, -0.05) is 11.6 Å². The Bertz CT molecular complexity index is 596. The third-order valence-corrected chi connectivity index (χ3v) is 3.00. The number of carbonyl (C=O) groups excluding carboxylic acids is 1. The molecular weight excluding hydrogens is 282 g/mol. The van der Waals surface area contributed by atoms with Gasteiger partial charge in [0, 0.05) is 6.26 Å². The van der Waals surface area contributed by atoms with Crippen LogP contribution in [0, 0.1) is 0 Å². The monoisotopic (exact) mass is 291 g/mol. The third kappa shape index (κ3) is 4.34. The lowest BCUT2D eigenvalue weighted by Crippen LogP contribution is -2.22. The minimum absolute atomic E-state index is 0.0604. The van der Waals surface area contributed by atoms with Crippen LogP contribution >= 0.6 is 11.6 Å². The molecule has 0 saturated heterocycles. The molecule has 0 radical (unpaired) electrons. The SMILES string of the molecule is CS(=O)(=O)CC(=O)Nc1cc(C(=O)O)ccc1Cl. The van der Waals surface area contributed by atoms with Gasteiger partial charge in [-0.05, 0) is 18.2 Å². The molecule has 2 N–H and O–H groups in total. The quantitative estimate of drug-likeness (QED) is 0.862. The number of rotatable bonds is 4. The summed E-state index contributed by atoms with van der Waals surface area (Å²) in [6, 6.07) is 3.74. The van der Waals surface area contributed by atoms with Crippen molar-refractivity contribution in [1.29, 1.82) is 0 Å². The van der Waals surface area contributed by atoms with Gasteiger partial charge in [0.05, 0.1) is 16.3 Å². The normalized spacial score (nSPS) is 11.0. The highest BCUT2D eigenvalue weighted by molar-refractivity contribution is 7.91. The minimum atomic E-state index is -3.45. The van der Waals surface area contributed by atoms with Crippen molar-refractivity contribution in [2.45, 2.75) is 0 Å². The summed E-state index contributed by atoms with van der Waals surface area (Å²) in [6.07, 6.45) is 0.919. The maximum absolute atomic E-state index is 11.4. The van der Waals surface area contributed by atoms with Gasteiger partial charge >= 0.3 is 5.97 Å². The molecule has 0 bridgehead atoms. The number of hydrogen-bond donors (Lipinski definition) is 2. The molecule has 0 spiro atoms. The lowest BCUT2D eigenvalue weighted by Gasteiger charge is -2.07. The zero-order valence-electron chi connectivity index (χ0n) is 9.31. The predicted octanol–water partition coefficient (Wildman–Crippen LogP) is 1.02. The standard InChI is InChI=1S/C10H10ClNO5S/c1-18(16,17)5-9(13)12-8-4-6(10(14)15)2-3-7(8)11/h2-4H,5H2,1H3,(H,12,13)(H,14,15). The second-order valence-electron chi connectivity index (χ2n) is 3.62. The molecular formula is C10H10ClNO5S. The Kier molecular flexibility index (Phi) is 4.31. The Hall–Kier alpha value is -1.60. The fourth-order valence-electron chi connectivity index (χ4n) is 1.18. The van der Waals surface area contributed by atoms with Crippen LogP contribution in [-0.2, 0) is 14.6 Å². The second-order valence-corrected chi connectivity index (χ2v) is 6.17. The lowest BCUT2D eigenvalue weighted by atomic mass is 10.2. The number of nitrogens with one attached hydrogen (secondary N) is 1. The Labute approximate surface area is 108 Å². The number of anilines is 1. The molecule has 98 valence electrons. The predicted molar refractivity (Wildman–Crippen MR) is 66.8 cm³/mol. The lowest BCUT2D eigenvalue weighted by molar-refractivity contribution is -0.113. The first-order valence-corrected chi connectivity index (χ1v) is 7.13. The first-order valence-electron chi connectivity index (χ1n) is 4.69. The largest absolute Gasteiger partial charge is 0.478 e. The molecule has 0 aliphatic rings. The molecule has 1 rings (SSSR count). The zero-order chi connectivity index (χ0) is 13.9. The summed E-state index contributed by atoms with van der Waals surface area (Å²) < 4.78 is 21.8. The summed E-state index contributed by atoms with van der Waals surface area (Å²) in [5.41, 5.74) is -0.000674. The van der Waals surface area contributed by atoms with Crippen molar-refractivity contribution < 1.29 is 23.1 Å². The maximum Gasteiger partial charge on any atom is 0.335 e. The molecule has 0 heterocycles. The number of carbonyl (C=O) groups is 2. The van der Waals surface area contributed by atoms with Gasteiger partial charge in [-0.2, -0.15) is 0 Å². The summed E-state index contributed by atoms with van der Waals surface area (Å²) in [7, 11) is -3.45. The van der Waals surface area contributed by atoms with Crippen molar-refractivity contribution in [2.75, 3.05) is 17.3 Å². The molecule has 0 atom stereocenters. The number of sulfone groups is 1. The minimum Gasteiger partial charge on any atom is -0.478 e. The summed E-state index contributed by atoms with van der Waals surface area (Å²) in [5.74, 6) is -2.65. The summed E-state index contributed by atoms with van der Waals surface area (Å²) in [4.78, 5) is 22.1. The van der Waals surface area contributed by atoms with Gasteiger partial charge in [0.25, 0.3) is 0 Å². The van der Waals surface area contributed by atoms with E-state index in [0.29, 0.717) is 0 Å². The van der Waals surface area contributed by atoms with Crippen LogP contribution < -0.4 is 5.32 Å². The fourth-order valence-corrected chi connectivity index (χ4v) is 1.89. The Balaban J connectivity index is 2.93.